The molecular formula is C20H32O6. The molecule has 148 valence electrons. The molecule has 0 unspecified atom stereocenters. The summed E-state index contributed by atoms with van der Waals surface area (Å²) in [4.78, 5) is 47.2. The van der Waals surface area contributed by atoms with Gasteiger partial charge in [0.15, 0.2) is 0 Å². The molecule has 0 spiro atoms. The van der Waals surface area contributed by atoms with Crippen molar-refractivity contribution in [3.05, 3.63) is 12.2 Å². The maximum atomic E-state index is 11.9. The van der Waals surface area contributed by atoms with Gasteiger partial charge in [0.2, 0.25) is 0 Å². The highest BCUT2D eigenvalue weighted by atomic mass is 16.6. The van der Waals surface area contributed by atoms with Gasteiger partial charge in [0.05, 0.1) is 11.8 Å². The lowest BCUT2D eigenvalue weighted by Crippen LogP contribution is -2.21. The minimum Gasteiger partial charge on any atom is -0.390 e. The Bertz CT molecular complexity index is 439. The van der Waals surface area contributed by atoms with Gasteiger partial charge in [-0.1, -0.05) is 53.4 Å². The summed E-state index contributed by atoms with van der Waals surface area (Å²) in [6, 6.07) is 0. The Morgan fingerprint density at radius 3 is 1.12 bits per heavy atom. The van der Waals surface area contributed by atoms with E-state index in [4.69, 9.17) is 9.47 Å². The summed E-state index contributed by atoms with van der Waals surface area (Å²) in [7, 11) is 0. The van der Waals surface area contributed by atoms with E-state index in [1.807, 2.05) is 27.7 Å². The van der Waals surface area contributed by atoms with Crippen LogP contribution in [0.1, 0.15) is 79.1 Å². The topological polar surface area (TPSA) is 86.7 Å². The SMILES string of the molecule is CCCC(CCC)C(=O)OC(=O)/C=C/C(=O)OC(=O)C(CCC)CCC. The van der Waals surface area contributed by atoms with E-state index in [1.54, 1.807) is 0 Å². The van der Waals surface area contributed by atoms with E-state index in [2.05, 4.69) is 0 Å². The lowest BCUT2D eigenvalue weighted by molar-refractivity contribution is -0.162. The average Bonchev–Trinajstić information content (AvgIpc) is 2.59. The zero-order valence-corrected chi connectivity index (χ0v) is 16.4. The van der Waals surface area contributed by atoms with Crippen molar-refractivity contribution >= 4 is 23.9 Å². The number of carbonyl (C=O) groups is 4. The predicted molar refractivity (Wildman–Crippen MR) is 98.0 cm³/mol. The molecule has 0 aliphatic rings. The maximum Gasteiger partial charge on any atom is 0.338 e. The molecule has 26 heavy (non-hydrogen) atoms. The van der Waals surface area contributed by atoms with Crippen molar-refractivity contribution in [2.75, 3.05) is 0 Å². The molecule has 0 rings (SSSR count). The van der Waals surface area contributed by atoms with Gasteiger partial charge in [0, 0.05) is 12.2 Å². The largest absolute Gasteiger partial charge is 0.390 e. The smallest absolute Gasteiger partial charge is 0.338 e. The van der Waals surface area contributed by atoms with Crippen molar-refractivity contribution in [1.82, 2.24) is 0 Å². The van der Waals surface area contributed by atoms with Crippen LogP contribution in [0.2, 0.25) is 0 Å². The molecule has 0 saturated heterocycles. The third kappa shape index (κ3) is 10.1. The molecule has 0 N–H and O–H groups in total. The number of hydrogen-bond acceptors (Lipinski definition) is 6. The Hall–Kier alpha value is -1.98. The highest BCUT2D eigenvalue weighted by molar-refractivity contribution is 5.99. The third-order valence-electron chi connectivity index (χ3n) is 3.97. The van der Waals surface area contributed by atoms with Gasteiger partial charge < -0.3 is 9.47 Å². The van der Waals surface area contributed by atoms with E-state index >= 15 is 0 Å². The Morgan fingerprint density at radius 1 is 0.615 bits per heavy atom. The lowest BCUT2D eigenvalue weighted by Gasteiger charge is -2.12. The Morgan fingerprint density at radius 2 is 0.885 bits per heavy atom. The van der Waals surface area contributed by atoms with Crippen molar-refractivity contribution < 1.29 is 28.7 Å². The van der Waals surface area contributed by atoms with Gasteiger partial charge in [0.1, 0.15) is 0 Å². The minimum atomic E-state index is -0.935. The van der Waals surface area contributed by atoms with Crippen molar-refractivity contribution in [2.45, 2.75) is 79.1 Å². The molecule has 0 heterocycles. The Labute approximate surface area is 156 Å². The minimum absolute atomic E-state index is 0.320. The molecule has 0 saturated carbocycles. The second-order valence-electron chi connectivity index (χ2n) is 6.36. The van der Waals surface area contributed by atoms with Crippen LogP contribution in [0.4, 0.5) is 0 Å². The maximum absolute atomic E-state index is 11.9. The first-order valence-corrected chi connectivity index (χ1v) is 9.58. The number of esters is 4. The number of ether oxygens (including phenoxy) is 2. The van der Waals surface area contributed by atoms with Crippen LogP contribution in [0.5, 0.6) is 0 Å². The summed E-state index contributed by atoms with van der Waals surface area (Å²) >= 11 is 0. The van der Waals surface area contributed by atoms with Crippen molar-refractivity contribution in [2.24, 2.45) is 11.8 Å². The van der Waals surface area contributed by atoms with Crippen LogP contribution >= 0.6 is 0 Å². The summed E-state index contributed by atoms with van der Waals surface area (Å²) in [5, 5.41) is 0. The fourth-order valence-electron chi connectivity index (χ4n) is 2.72. The van der Waals surface area contributed by atoms with E-state index in [1.165, 1.54) is 0 Å². The molecule has 0 bridgehead atoms. The van der Waals surface area contributed by atoms with E-state index < -0.39 is 23.9 Å². The molecule has 0 aromatic rings. The van der Waals surface area contributed by atoms with Crippen LogP contribution in [0.15, 0.2) is 12.2 Å². The predicted octanol–water partition coefficient (Wildman–Crippen LogP) is 4.12. The molecule has 0 fully saturated rings. The number of carbonyl (C=O) groups excluding carboxylic acids is 4. The highest BCUT2D eigenvalue weighted by Crippen LogP contribution is 2.16. The van der Waals surface area contributed by atoms with Crippen LogP contribution in [-0.2, 0) is 28.7 Å². The third-order valence-corrected chi connectivity index (χ3v) is 3.97. The van der Waals surface area contributed by atoms with Crippen LogP contribution < -0.4 is 0 Å². The molecule has 0 aromatic heterocycles. The van der Waals surface area contributed by atoms with Crippen LogP contribution in [0.3, 0.4) is 0 Å². The van der Waals surface area contributed by atoms with Gasteiger partial charge in [0.25, 0.3) is 0 Å². The van der Waals surface area contributed by atoms with E-state index in [9.17, 15) is 19.2 Å². The Balaban J connectivity index is 4.55. The van der Waals surface area contributed by atoms with Crippen LogP contribution in [-0.4, -0.2) is 23.9 Å². The molecule has 0 atom stereocenters. The second kappa shape index (κ2) is 14.2. The first-order valence-electron chi connectivity index (χ1n) is 9.58. The lowest BCUT2D eigenvalue weighted by atomic mass is 9.99. The highest BCUT2D eigenvalue weighted by Gasteiger charge is 2.22. The number of rotatable bonds is 12. The average molecular weight is 368 g/mol. The standard InChI is InChI=1S/C20H32O6/c1-5-9-15(10-6-2)19(23)25-17(21)13-14-18(22)26-20(24)16(11-7-3)12-8-4/h13-16H,5-12H2,1-4H3/b14-13+. The molecular weight excluding hydrogens is 336 g/mol. The normalized spacial score (nSPS) is 11.2. The zero-order chi connectivity index (χ0) is 19.9. The van der Waals surface area contributed by atoms with Gasteiger partial charge in [-0.3, -0.25) is 9.59 Å². The van der Waals surface area contributed by atoms with Gasteiger partial charge in [-0.25, -0.2) is 9.59 Å². The van der Waals surface area contributed by atoms with Crippen LogP contribution in [0, 0.1) is 11.8 Å². The summed E-state index contributed by atoms with van der Waals surface area (Å²) in [5.41, 5.74) is 0. The van der Waals surface area contributed by atoms with Gasteiger partial charge >= 0.3 is 23.9 Å². The van der Waals surface area contributed by atoms with Crippen LogP contribution in [0.25, 0.3) is 0 Å². The monoisotopic (exact) mass is 368 g/mol. The molecule has 0 aromatic carbocycles. The van der Waals surface area contributed by atoms with E-state index in [-0.39, 0.29) is 11.8 Å². The van der Waals surface area contributed by atoms with Gasteiger partial charge in [-0.2, -0.15) is 0 Å². The van der Waals surface area contributed by atoms with Crippen molar-refractivity contribution in [3.8, 4) is 0 Å². The molecule has 0 amide bonds. The number of hydrogen-bond donors (Lipinski definition) is 0. The fraction of sp³-hybridized carbons (Fsp3) is 0.700. The van der Waals surface area contributed by atoms with Crippen molar-refractivity contribution in [3.63, 3.8) is 0 Å². The second-order valence-corrected chi connectivity index (χ2v) is 6.36. The molecule has 0 aliphatic carbocycles. The molecule has 6 heteroatoms. The van der Waals surface area contributed by atoms with E-state index in [0.717, 1.165) is 37.8 Å². The zero-order valence-electron chi connectivity index (χ0n) is 16.4. The van der Waals surface area contributed by atoms with E-state index in [0.29, 0.717) is 25.7 Å². The quantitative estimate of drug-likeness (QED) is 0.293. The van der Waals surface area contributed by atoms with Gasteiger partial charge in [-0.05, 0) is 25.7 Å². The first kappa shape index (κ1) is 24.0. The van der Waals surface area contributed by atoms with Crippen molar-refractivity contribution in [1.29, 1.82) is 0 Å². The first-order chi connectivity index (χ1) is 12.4. The summed E-state index contributed by atoms with van der Waals surface area (Å²) < 4.78 is 9.48. The summed E-state index contributed by atoms with van der Waals surface area (Å²) in [6.07, 6.45) is 7.49. The Kier molecular flexibility index (Phi) is 13.1. The molecule has 6 nitrogen and oxygen atoms in total. The molecule has 0 aliphatic heterocycles. The van der Waals surface area contributed by atoms with Gasteiger partial charge in [-0.15, -0.1) is 0 Å². The fourth-order valence-corrected chi connectivity index (χ4v) is 2.72. The molecule has 0 radical (unpaired) electrons. The summed E-state index contributed by atoms with van der Waals surface area (Å²) in [6.45, 7) is 7.81. The summed E-state index contributed by atoms with van der Waals surface area (Å²) in [5.74, 6) is -3.68.